The Hall–Kier alpha value is -2.02. The molecule has 1 aliphatic rings. The summed E-state index contributed by atoms with van der Waals surface area (Å²) in [7, 11) is 0. The van der Waals surface area contributed by atoms with Gasteiger partial charge < -0.3 is 5.32 Å². The van der Waals surface area contributed by atoms with Gasteiger partial charge in [0.25, 0.3) is 0 Å². The minimum atomic E-state index is 0.133. The first-order valence-corrected chi connectivity index (χ1v) is 8.14. The number of aryl methyl sites for hydroxylation is 1. The van der Waals surface area contributed by atoms with Gasteiger partial charge in [-0.2, -0.15) is 0 Å². The molecule has 1 aliphatic carbocycles. The maximum Gasteiger partial charge on any atom is 0.0352 e. The molecule has 114 valence electrons. The highest BCUT2D eigenvalue weighted by Gasteiger charge is 2.36. The van der Waals surface area contributed by atoms with Gasteiger partial charge in [0.05, 0.1) is 0 Å². The zero-order chi connectivity index (χ0) is 15.6. The van der Waals surface area contributed by atoms with Crippen LogP contribution < -0.4 is 5.32 Å². The summed E-state index contributed by atoms with van der Waals surface area (Å²) in [6.07, 6.45) is 3.21. The minimum absolute atomic E-state index is 0.133. The van der Waals surface area contributed by atoms with Crippen LogP contribution in [0.1, 0.15) is 37.0 Å². The van der Waals surface area contributed by atoms with E-state index in [1.807, 2.05) is 0 Å². The first-order chi connectivity index (χ1) is 10.6. The van der Waals surface area contributed by atoms with Crippen LogP contribution in [-0.4, -0.2) is 6.04 Å². The van der Waals surface area contributed by atoms with Gasteiger partial charge in [0.2, 0.25) is 0 Å². The molecule has 0 fully saturated rings. The van der Waals surface area contributed by atoms with Crippen molar-refractivity contribution < 1.29 is 0 Å². The monoisotopic (exact) mass is 291 g/mol. The van der Waals surface area contributed by atoms with Crippen molar-refractivity contribution in [2.24, 2.45) is 0 Å². The highest BCUT2D eigenvalue weighted by Crippen LogP contribution is 2.37. The number of rotatable bonds is 4. The second-order valence-electron chi connectivity index (χ2n) is 6.88. The van der Waals surface area contributed by atoms with Crippen molar-refractivity contribution in [3.63, 3.8) is 0 Å². The van der Waals surface area contributed by atoms with Crippen molar-refractivity contribution in [3.8, 4) is 0 Å². The van der Waals surface area contributed by atoms with Crippen molar-refractivity contribution in [3.05, 3.63) is 83.6 Å². The Bertz CT molecular complexity index is 655. The molecule has 2 aromatic carbocycles. The van der Waals surface area contributed by atoms with E-state index in [1.165, 1.54) is 16.7 Å². The predicted octanol–water partition coefficient (Wildman–Crippen LogP) is 4.63. The fraction of sp³-hybridized carbons (Fsp3) is 0.333. The van der Waals surface area contributed by atoms with Crippen LogP contribution in [0.5, 0.6) is 0 Å². The maximum atomic E-state index is 4.25. The highest BCUT2D eigenvalue weighted by molar-refractivity contribution is 5.38. The van der Waals surface area contributed by atoms with E-state index < -0.39 is 0 Å². The largest absolute Gasteiger partial charge is 0.385 e. The van der Waals surface area contributed by atoms with Crippen molar-refractivity contribution in [1.29, 1.82) is 0 Å². The molecule has 1 heteroatoms. The summed E-state index contributed by atoms with van der Waals surface area (Å²) in [5.41, 5.74) is 5.54. The van der Waals surface area contributed by atoms with E-state index in [4.69, 9.17) is 0 Å². The van der Waals surface area contributed by atoms with Crippen LogP contribution in [0.25, 0.3) is 0 Å². The van der Waals surface area contributed by atoms with Gasteiger partial charge in [-0.25, -0.2) is 0 Å². The summed E-state index contributed by atoms with van der Waals surface area (Å²) in [6.45, 7) is 8.95. The van der Waals surface area contributed by atoms with Gasteiger partial charge >= 0.3 is 0 Å². The summed E-state index contributed by atoms with van der Waals surface area (Å²) in [6, 6.07) is 19.8. The summed E-state index contributed by atoms with van der Waals surface area (Å²) in [5.74, 6) is 0. The first kappa shape index (κ1) is 14.9. The molecule has 22 heavy (non-hydrogen) atoms. The van der Waals surface area contributed by atoms with Gasteiger partial charge in [-0.1, -0.05) is 75.0 Å². The van der Waals surface area contributed by atoms with Crippen molar-refractivity contribution >= 4 is 0 Å². The second-order valence-corrected chi connectivity index (χ2v) is 6.88. The highest BCUT2D eigenvalue weighted by atomic mass is 14.9. The molecule has 0 bridgehead atoms. The van der Waals surface area contributed by atoms with Crippen LogP contribution in [-0.2, 0) is 18.3 Å². The average Bonchev–Trinajstić information content (AvgIpc) is 2.51. The number of nitrogens with one attached hydrogen (secondary N) is 1. The molecule has 1 unspecified atom stereocenters. The molecule has 0 aliphatic heterocycles. The fourth-order valence-electron chi connectivity index (χ4n) is 3.61. The Kier molecular flexibility index (Phi) is 4.06. The summed E-state index contributed by atoms with van der Waals surface area (Å²) >= 11 is 0. The average molecular weight is 291 g/mol. The lowest BCUT2D eigenvalue weighted by molar-refractivity contribution is 0.320. The van der Waals surface area contributed by atoms with E-state index in [1.54, 1.807) is 0 Å². The third-order valence-electron chi connectivity index (χ3n) is 4.92. The van der Waals surface area contributed by atoms with E-state index >= 15 is 0 Å². The van der Waals surface area contributed by atoms with Crippen LogP contribution in [0, 0.1) is 0 Å². The van der Waals surface area contributed by atoms with Crippen LogP contribution in [0.3, 0.4) is 0 Å². The van der Waals surface area contributed by atoms with E-state index in [2.05, 4.69) is 80.3 Å². The van der Waals surface area contributed by atoms with Gasteiger partial charge in [-0.15, -0.1) is 0 Å². The zero-order valence-corrected chi connectivity index (χ0v) is 13.6. The van der Waals surface area contributed by atoms with Crippen molar-refractivity contribution in [2.75, 3.05) is 0 Å². The number of fused-ring (bicyclic) bond motifs is 1. The molecule has 0 spiro atoms. The van der Waals surface area contributed by atoms with Gasteiger partial charge in [-0.05, 0) is 29.5 Å². The number of hydrogen-bond acceptors (Lipinski definition) is 1. The summed E-state index contributed by atoms with van der Waals surface area (Å²) in [5, 5.41) is 3.70. The molecule has 0 saturated heterocycles. The minimum Gasteiger partial charge on any atom is -0.385 e. The Morgan fingerprint density at radius 1 is 1.09 bits per heavy atom. The summed E-state index contributed by atoms with van der Waals surface area (Å²) in [4.78, 5) is 0. The SMILES string of the molecule is C=C(Cc1ccccc1)NC1CCc2ccccc2C1(C)C. The number of hydrogen-bond donors (Lipinski definition) is 1. The second kappa shape index (κ2) is 6.00. The van der Waals surface area contributed by atoms with Crippen molar-refractivity contribution in [2.45, 2.75) is 44.6 Å². The molecule has 1 nitrogen and oxygen atoms in total. The lowest BCUT2D eigenvalue weighted by atomic mass is 9.69. The third-order valence-corrected chi connectivity index (χ3v) is 4.92. The molecule has 1 N–H and O–H groups in total. The Balaban J connectivity index is 1.72. The van der Waals surface area contributed by atoms with Crippen LogP contribution in [0.2, 0.25) is 0 Å². The zero-order valence-electron chi connectivity index (χ0n) is 13.6. The molecule has 3 rings (SSSR count). The molecule has 0 amide bonds. The van der Waals surface area contributed by atoms with Gasteiger partial charge in [0, 0.05) is 23.6 Å². The maximum absolute atomic E-state index is 4.25. The van der Waals surface area contributed by atoms with E-state index in [0.717, 1.165) is 25.0 Å². The predicted molar refractivity (Wildman–Crippen MR) is 94.0 cm³/mol. The Morgan fingerprint density at radius 3 is 2.55 bits per heavy atom. The van der Waals surface area contributed by atoms with Crippen LogP contribution in [0.15, 0.2) is 66.9 Å². The van der Waals surface area contributed by atoms with Gasteiger partial charge in [-0.3, -0.25) is 0 Å². The molecule has 2 aromatic rings. The molecule has 0 radical (unpaired) electrons. The Labute approximate surface area is 134 Å². The lowest BCUT2D eigenvalue weighted by Gasteiger charge is -2.41. The molecule has 0 heterocycles. The third kappa shape index (κ3) is 2.94. The summed E-state index contributed by atoms with van der Waals surface area (Å²) < 4.78 is 0. The normalized spacial score (nSPS) is 19.3. The lowest BCUT2D eigenvalue weighted by Crippen LogP contribution is -2.47. The standard InChI is InChI=1S/C21H25N/c1-16(15-17-9-5-4-6-10-17)22-20-14-13-18-11-7-8-12-19(18)21(20,2)3/h4-12,20,22H,1,13-15H2,2-3H3. The van der Waals surface area contributed by atoms with Gasteiger partial charge in [0.1, 0.15) is 0 Å². The van der Waals surface area contributed by atoms with Gasteiger partial charge in [0.15, 0.2) is 0 Å². The van der Waals surface area contributed by atoms with Crippen LogP contribution in [0.4, 0.5) is 0 Å². The Morgan fingerprint density at radius 2 is 1.77 bits per heavy atom. The first-order valence-electron chi connectivity index (χ1n) is 8.14. The van der Waals surface area contributed by atoms with E-state index in [9.17, 15) is 0 Å². The number of benzene rings is 2. The molecular formula is C21H25N. The molecule has 1 atom stereocenters. The molecule has 0 saturated carbocycles. The van der Waals surface area contributed by atoms with Crippen LogP contribution >= 0.6 is 0 Å². The smallest absolute Gasteiger partial charge is 0.0352 e. The quantitative estimate of drug-likeness (QED) is 0.866. The fourth-order valence-corrected chi connectivity index (χ4v) is 3.61. The van der Waals surface area contributed by atoms with E-state index in [0.29, 0.717) is 6.04 Å². The molecular weight excluding hydrogens is 266 g/mol. The molecule has 0 aromatic heterocycles. The topological polar surface area (TPSA) is 12.0 Å². The van der Waals surface area contributed by atoms with E-state index in [-0.39, 0.29) is 5.41 Å². The number of allylic oxidation sites excluding steroid dienone is 1. The van der Waals surface area contributed by atoms with Crippen molar-refractivity contribution in [1.82, 2.24) is 5.32 Å².